The van der Waals surface area contributed by atoms with E-state index in [0.717, 1.165) is 10.1 Å². The summed E-state index contributed by atoms with van der Waals surface area (Å²) in [6, 6.07) is 3.59. The van der Waals surface area contributed by atoms with Crippen LogP contribution in [0.15, 0.2) is 34.1 Å². The Kier molecular flexibility index (Phi) is 4.29. The summed E-state index contributed by atoms with van der Waals surface area (Å²) in [7, 11) is 1.40. The Morgan fingerprint density at radius 2 is 2.12 bits per heavy atom. The first kappa shape index (κ1) is 15.7. The molecule has 0 fully saturated rings. The fraction of sp³-hybridized carbons (Fsp3) is 0.286. The molecule has 3 aromatic rings. The molecule has 0 amide bonds. The molecule has 0 unspecified atom stereocenters. The molecule has 3 heterocycles. The zero-order valence-corrected chi connectivity index (χ0v) is 13.0. The number of nitrogens with one attached hydrogen (secondary N) is 1. The fourth-order valence-electron chi connectivity index (χ4n) is 2.24. The molecule has 3 N–H and O–H groups in total. The van der Waals surface area contributed by atoms with E-state index in [2.05, 4.69) is 25.5 Å². The first-order chi connectivity index (χ1) is 11.6. The smallest absolute Gasteiger partial charge is 0.332 e. The van der Waals surface area contributed by atoms with Gasteiger partial charge in [-0.25, -0.2) is 9.78 Å². The first-order valence-electron chi connectivity index (χ1n) is 7.29. The lowest BCUT2D eigenvalue weighted by Gasteiger charge is -2.11. The van der Waals surface area contributed by atoms with E-state index in [4.69, 9.17) is 5.73 Å². The van der Waals surface area contributed by atoms with E-state index in [9.17, 15) is 9.59 Å². The van der Waals surface area contributed by atoms with Crippen molar-refractivity contribution in [2.75, 3.05) is 18.4 Å². The van der Waals surface area contributed by atoms with Gasteiger partial charge < -0.3 is 11.1 Å². The van der Waals surface area contributed by atoms with Crippen LogP contribution in [0.5, 0.6) is 0 Å². The van der Waals surface area contributed by atoms with Gasteiger partial charge in [-0.05, 0) is 11.6 Å². The van der Waals surface area contributed by atoms with Gasteiger partial charge in [-0.1, -0.05) is 6.07 Å². The van der Waals surface area contributed by atoms with E-state index >= 15 is 0 Å². The van der Waals surface area contributed by atoms with Gasteiger partial charge in [0.1, 0.15) is 0 Å². The van der Waals surface area contributed by atoms with E-state index in [1.165, 1.54) is 11.6 Å². The van der Waals surface area contributed by atoms with Crippen LogP contribution in [-0.2, 0) is 13.6 Å². The third kappa shape index (κ3) is 2.86. The maximum atomic E-state index is 12.4. The number of pyridine rings is 1. The first-order valence-corrected chi connectivity index (χ1v) is 7.29. The van der Waals surface area contributed by atoms with Gasteiger partial charge in [0, 0.05) is 32.5 Å². The molecule has 0 saturated heterocycles. The number of hydrogen-bond acceptors (Lipinski definition) is 8. The maximum Gasteiger partial charge on any atom is 0.332 e. The van der Waals surface area contributed by atoms with Crippen LogP contribution >= 0.6 is 0 Å². The highest BCUT2D eigenvalue weighted by Crippen LogP contribution is 2.06. The third-order valence-corrected chi connectivity index (χ3v) is 3.44. The Bertz CT molecular complexity index is 980. The Morgan fingerprint density at radius 3 is 2.83 bits per heavy atom. The van der Waals surface area contributed by atoms with Crippen LogP contribution in [0.1, 0.15) is 5.56 Å². The summed E-state index contributed by atoms with van der Waals surface area (Å²) >= 11 is 0. The third-order valence-electron chi connectivity index (χ3n) is 3.44. The molecule has 0 radical (unpaired) electrons. The normalized spacial score (nSPS) is 10.9. The minimum Gasteiger partial charge on any atom is -0.352 e. The lowest BCUT2D eigenvalue weighted by molar-refractivity contribution is 0.659. The number of aromatic nitrogens is 6. The van der Waals surface area contributed by atoms with Crippen molar-refractivity contribution in [1.82, 2.24) is 29.3 Å². The highest BCUT2D eigenvalue weighted by atomic mass is 16.2. The van der Waals surface area contributed by atoms with Crippen molar-refractivity contribution in [3.05, 3.63) is 50.9 Å². The summed E-state index contributed by atoms with van der Waals surface area (Å²) in [5, 5.41) is 10.8. The summed E-state index contributed by atoms with van der Waals surface area (Å²) in [6.07, 6.45) is 3.28. The van der Waals surface area contributed by atoms with Gasteiger partial charge in [-0.2, -0.15) is 0 Å². The van der Waals surface area contributed by atoms with E-state index in [1.807, 2.05) is 6.07 Å². The van der Waals surface area contributed by atoms with Gasteiger partial charge in [0.15, 0.2) is 11.2 Å². The Morgan fingerprint density at radius 1 is 1.29 bits per heavy atom. The monoisotopic (exact) mass is 328 g/mol. The number of rotatable bonds is 5. The van der Waals surface area contributed by atoms with Gasteiger partial charge in [0.05, 0.1) is 6.54 Å². The molecule has 24 heavy (non-hydrogen) atoms. The molecule has 3 rings (SSSR count). The summed E-state index contributed by atoms with van der Waals surface area (Å²) < 4.78 is 2.35. The predicted octanol–water partition coefficient (Wildman–Crippen LogP) is -1.30. The Labute approximate surface area is 136 Å². The molecule has 0 aliphatic rings. The van der Waals surface area contributed by atoms with Gasteiger partial charge in [0.25, 0.3) is 5.56 Å². The maximum absolute atomic E-state index is 12.4. The van der Waals surface area contributed by atoms with Crippen molar-refractivity contribution < 1.29 is 0 Å². The van der Waals surface area contributed by atoms with Crippen molar-refractivity contribution in [3.8, 4) is 0 Å². The number of nitrogens with two attached hydrogens (primary N) is 1. The topological polar surface area (TPSA) is 134 Å². The largest absolute Gasteiger partial charge is 0.352 e. The van der Waals surface area contributed by atoms with Gasteiger partial charge in [-0.3, -0.25) is 18.9 Å². The summed E-state index contributed by atoms with van der Waals surface area (Å²) in [5.41, 5.74) is 5.39. The highest BCUT2D eigenvalue weighted by Gasteiger charge is 2.15. The van der Waals surface area contributed by atoms with Crippen molar-refractivity contribution in [3.63, 3.8) is 0 Å². The van der Waals surface area contributed by atoms with Crippen LogP contribution in [0.4, 0.5) is 5.95 Å². The van der Waals surface area contributed by atoms with Crippen LogP contribution in [0.2, 0.25) is 0 Å². The lowest BCUT2D eigenvalue weighted by atomic mass is 10.3. The second-order valence-corrected chi connectivity index (χ2v) is 5.12. The van der Waals surface area contributed by atoms with Crippen LogP contribution in [-0.4, -0.2) is 42.4 Å². The molecule has 0 aromatic carbocycles. The number of fused-ring (bicyclic) bond motifs is 1. The fourth-order valence-corrected chi connectivity index (χ4v) is 2.24. The van der Waals surface area contributed by atoms with Crippen molar-refractivity contribution in [1.29, 1.82) is 0 Å². The van der Waals surface area contributed by atoms with Crippen LogP contribution in [0.3, 0.4) is 0 Å². The SMILES string of the molecule is Cn1c(=O)c2nc(NCCN)nnc2n(Cc2cccnc2)c1=O. The molecule has 10 nitrogen and oxygen atoms in total. The minimum atomic E-state index is -0.525. The Balaban J connectivity index is 2.17. The zero-order chi connectivity index (χ0) is 17.1. The molecule has 0 atom stereocenters. The van der Waals surface area contributed by atoms with Gasteiger partial charge in [0.2, 0.25) is 5.95 Å². The number of hydrogen-bond donors (Lipinski definition) is 2. The second kappa shape index (κ2) is 6.54. The summed E-state index contributed by atoms with van der Waals surface area (Å²) in [5.74, 6) is 0.191. The van der Waals surface area contributed by atoms with Crippen LogP contribution in [0.25, 0.3) is 11.2 Å². The van der Waals surface area contributed by atoms with Crippen molar-refractivity contribution in [2.24, 2.45) is 12.8 Å². The average molecular weight is 328 g/mol. The summed E-state index contributed by atoms with van der Waals surface area (Å²) in [6.45, 7) is 1.05. The van der Waals surface area contributed by atoms with Crippen LogP contribution in [0, 0.1) is 0 Å². The number of anilines is 1. The molecule has 0 bridgehead atoms. The summed E-state index contributed by atoms with van der Waals surface area (Å²) in [4.78, 5) is 33.0. The zero-order valence-electron chi connectivity index (χ0n) is 13.0. The number of nitrogens with zero attached hydrogens (tertiary/aromatic N) is 6. The molecule has 124 valence electrons. The Hall–Kier alpha value is -3.14. The molecule has 0 saturated carbocycles. The highest BCUT2D eigenvalue weighted by molar-refractivity contribution is 5.69. The van der Waals surface area contributed by atoms with E-state index in [0.29, 0.717) is 13.1 Å². The molecular weight excluding hydrogens is 312 g/mol. The quantitative estimate of drug-likeness (QED) is 0.590. The molecular formula is C14H16N8O2. The lowest BCUT2D eigenvalue weighted by Crippen LogP contribution is -2.39. The minimum absolute atomic E-state index is 0.0653. The second-order valence-electron chi connectivity index (χ2n) is 5.12. The van der Waals surface area contributed by atoms with Gasteiger partial charge >= 0.3 is 5.69 Å². The molecule has 0 spiro atoms. The molecule has 10 heteroatoms. The van der Waals surface area contributed by atoms with Crippen LogP contribution < -0.4 is 22.3 Å². The van der Waals surface area contributed by atoms with Gasteiger partial charge in [-0.15, -0.1) is 10.2 Å². The standard InChI is InChI=1S/C14H16N8O2/c1-21-12(23)10-11(19-20-13(18-10)17-6-4-15)22(14(21)24)8-9-3-2-5-16-7-9/h2-3,5,7H,4,6,8,15H2,1H3,(H,17,18,20). The van der Waals surface area contributed by atoms with Crippen molar-refractivity contribution >= 4 is 17.1 Å². The molecule has 0 aliphatic carbocycles. The predicted molar refractivity (Wildman–Crippen MR) is 87.7 cm³/mol. The van der Waals surface area contributed by atoms with E-state index < -0.39 is 11.2 Å². The molecule has 3 aromatic heterocycles. The van der Waals surface area contributed by atoms with E-state index in [-0.39, 0.29) is 23.7 Å². The molecule has 0 aliphatic heterocycles. The van der Waals surface area contributed by atoms with E-state index in [1.54, 1.807) is 18.5 Å². The van der Waals surface area contributed by atoms with Crippen molar-refractivity contribution in [2.45, 2.75) is 6.54 Å². The average Bonchev–Trinajstić information content (AvgIpc) is 2.62.